The molecule has 2 aromatic rings. The monoisotopic (exact) mass is 314 g/mol. The summed E-state index contributed by atoms with van der Waals surface area (Å²) in [7, 11) is 0. The first-order valence-electron chi connectivity index (χ1n) is 6.71. The first-order valence-corrected chi connectivity index (χ1v) is 6.71. The highest BCUT2D eigenvalue weighted by molar-refractivity contribution is 6.09. The maximum absolute atomic E-state index is 11.9. The van der Waals surface area contributed by atoms with Crippen molar-refractivity contribution in [3.8, 4) is 17.2 Å². The molecular weight excluding hydrogens is 300 g/mol. The van der Waals surface area contributed by atoms with E-state index >= 15 is 0 Å². The van der Waals surface area contributed by atoms with Crippen molar-refractivity contribution < 1.29 is 29.3 Å². The maximum atomic E-state index is 11.9. The van der Waals surface area contributed by atoms with E-state index in [1.54, 1.807) is 0 Å². The van der Waals surface area contributed by atoms with Gasteiger partial charge in [0.05, 0.1) is 5.56 Å². The standard InChI is InChI=1S/C17H14O6/c1-9(18)11-5-3-7-13(15(11)10(2)19)23-14-8-4-6-12(16(14)20)17(21)22/h3-8,20H,1-2H3,(H,21,22). The van der Waals surface area contributed by atoms with Crippen LogP contribution in [-0.4, -0.2) is 27.7 Å². The summed E-state index contributed by atoms with van der Waals surface area (Å²) < 4.78 is 5.50. The summed E-state index contributed by atoms with van der Waals surface area (Å²) in [6.45, 7) is 2.62. The van der Waals surface area contributed by atoms with Crippen molar-refractivity contribution in [1.82, 2.24) is 0 Å². The van der Waals surface area contributed by atoms with Crippen molar-refractivity contribution in [2.75, 3.05) is 0 Å². The Hall–Kier alpha value is -3.15. The van der Waals surface area contributed by atoms with E-state index in [0.29, 0.717) is 0 Å². The number of hydrogen-bond donors (Lipinski definition) is 2. The highest BCUT2D eigenvalue weighted by atomic mass is 16.5. The van der Waals surface area contributed by atoms with Crippen LogP contribution in [0.2, 0.25) is 0 Å². The van der Waals surface area contributed by atoms with Crippen LogP contribution >= 0.6 is 0 Å². The number of carboxylic acids is 1. The number of rotatable bonds is 5. The molecule has 0 aliphatic heterocycles. The molecule has 0 fully saturated rings. The Labute approximate surface area is 131 Å². The van der Waals surface area contributed by atoms with Crippen molar-refractivity contribution in [3.63, 3.8) is 0 Å². The van der Waals surface area contributed by atoms with Crippen LogP contribution in [0.25, 0.3) is 0 Å². The normalized spacial score (nSPS) is 10.2. The van der Waals surface area contributed by atoms with E-state index in [0.717, 1.165) is 0 Å². The van der Waals surface area contributed by atoms with Gasteiger partial charge in [-0.3, -0.25) is 9.59 Å². The molecule has 0 unspecified atom stereocenters. The van der Waals surface area contributed by atoms with Crippen molar-refractivity contribution in [2.24, 2.45) is 0 Å². The van der Waals surface area contributed by atoms with E-state index in [4.69, 9.17) is 9.84 Å². The molecule has 0 atom stereocenters. The molecular formula is C17H14O6. The summed E-state index contributed by atoms with van der Waals surface area (Å²) in [6.07, 6.45) is 0. The van der Waals surface area contributed by atoms with Gasteiger partial charge in [0.1, 0.15) is 11.3 Å². The highest BCUT2D eigenvalue weighted by Gasteiger charge is 2.20. The van der Waals surface area contributed by atoms with Gasteiger partial charge >= 0.3 is 5.97 Å². The zero-order valence-corrected chi connectivity index (χ0v) is 12.5. The van der Waals surface area contributed by atoms with Gasteiger partial charge < -0.3 is 14.9 Å². The second-order valence-corrected chi connectivity index (χ2v) is 4.85. The fourth-order valence-corrected chi connectivity index (χ4v) is 2.17. The molecule has 0 saturated carbocycles. The third-order valence-corrected chi connectivity index (χ3v) is 3.21. The van der Waals surface area contributed by atoms with Gasteiger partial charge in [-0.05, 0) is 32.0 Å². The van der Waals surface area contributed by atoms with E-state index in [-0.39, 0.29) is 39.8 Å². The van der Waals surface area contributed by atoms with Crippen LogP contribution in [0.5, 0.6) is 17.2 Å². The van der Waals surface area contributed by atoms with Gasteiger partial charge in [0.2, 0.25) is 0 Å². The van der Waals surface area contributed by atoms with Gasteiger partial charge in [-0.2, -0.15) is 0 Å². The third-order valence-electron chi connectivity index (χ3n) is 3.21. The molecule has 0 saturated heterocycles. The molecule has 0 spiro atoms. The van der Waals surface area contributed by atoms with Crippen LogP contribution in [-0.2, 0) is 0 Å². The highest BCUT2D eigenvalue weighted by Crippen LogP contribution is 2.36. The lowest BCUT2D eigenvalue weighted by molar-refractivity contribution is 0.0692. The van der Waals surface area contributed by atoms with Crippen LogP contribution in [0.15, 0.2) is 36.4 Å². The molecule has 118 valence electrons. The van der Waals surface area contributed by atoms with E-state index in [1.165, 1.54) is 50.2 Å². The minimum Gasteiger partial charge on any atom is -0.504 e. The lowest BCUT2D eigenvalue weighted by Gasteiger charge is -2.13. The maximum Gasteiger partial charge on any atom is 0.339 e. The minimum atomic E-state index is -1.31. The molecule has 2 aromatic carbocycles. The van der Waals surface area contributed by atoms with Crippen LogP contribution < -0.4 is 4.74 Å². The number of hydrogen-bond acceptors (Lipinski definition) is 5. The zero-order chi connectivity index (χ0) is 17.1. The number of ketones is 2. The Kier molecular flexibility index (Phi) is 4.45. The number of aromatic hydroxyl groups is 1. The first kappa shape index (κ1) is 16.2. The number of aromatic carboxylic acids is 1. The number of carboxylic acid groups (broad SMARTS) is 1. The van der Waals surface area contributed by atoms with Gasteiger partial charge in [0.15, 0.2) is 23.1 Å². The Morgan fingerprint density at radius 3 is 1.96 bits per heavy atom. The summed E-state index contributed by atoms with van der Waals surface area (Å²) in [5.74, 6) is -2.58. The van der Waals surface area contributed by atoms with Crippen molar-refractivity contribution in [2.45, 2.75) is 13.8 Å². The molecule has 0 aromatic heterocycles. The average Bonchev–Trinajstić information content (AvgIpc) is 2.48. The van der Waals surface area contributed by atoms with Crippen molar-refractivity contribution >= 4 is 17.5 Å². The van der Waals surface area contributed by atoms with Crippen molar-refractivity contribution in [3.05, 3.63) is 53.1 Å². The summed E-state index contributed by atoms with van der Waals surface area (Å²) in [5.41, 5.74) is -0.0430. The lowest BCUT2D eigenvalue weighted by atomic mass is 10.0. The summed E-state index contributed by atoms with van der Waals surface area (Å²) >= 11 is 0. The minimum absolute atomic E-state index is 0.0723. The van der Waals surface area contributed by atoms with Crippen LogP contribution in [0.4, 0.5) is 0 Å². The number of carbonyl (C=O) groups excluding carboxylic acids is 2. The van der Waals surface area contributed by atoms with E-state index in [9.17, 15) is 19.5 Å². The lowest BCUT2D eigenvalue weighted by Crippen LogP contribution is -2.06. The molecule has 0 aliphatic carbocycles. The number of benzene rings is 2. The Balaban J connectivity index is 2.56. The molecule has 6 heteroatoms. The second-order valence-electron chi connectivity index (χ2n) is 4.85. The van der Waals surface area contributed by atoms with Gasteiger partial charge in [-0.1, -0.05) is 18.2 Å². The van der Waals surface area contributed by atoms with Crippen molar-refractivity contribution in [1.29, 1.82) is 0 Å². The first-order chi connectivity index (χ1) is 10.8. The van der Waals surface area contributed by atoms with Gasteiger partial charge in [0, 0.05) is 5.56 Å². The van der Waals surface area contributed by atoms with Gasteiger partial charge in [0.25, 0.3) is 0 Å². The molecule has 6 nitrogen and oxygen atoms in total. The number of carbonyl (C=O) groups is 3. The third kappa shape index (κ3) is 3.21. The summed E-state index contributed by atoms with van der Waals surface area (Å²) in [5, 5.41) is 19.0. The molecule has 2 rings (SSSR count). The predicted octanol–water partition coefficient (Wildman–Crippen LogP) is 3.29. The number of Topliss-reactive ketones (excluding diaryl/α,β-unsaturated/α-hetero) is 2. The SMILES string of the molecule is CC(=O)c1cccc(Oc2cccc(C(=O)O)c2O)c1C(C)=O. The van der Waals surface area contributed by atoms with Crippen LogP contribution in [0.1, 0.15) is 44.9 Å². The Bertz CT molecular complexity index is 807. The van der Waals surface area contributed by atoms with Crippen LogP contribution in [0, 0.1) is 0 Å². The molecule has 0 amide bonds. The average molecular weight is 314 g/mol. The Morgan fingerprint density at radius 2 is 1.43 bits per heavy atom. The molecule has 23 heavy (non-hydrogen) atoms. The second kappa shape index (κ2) is 6.31. The van der Waals surface area contributed by atoms with E-state index in [1.807, 2.05) is 0 Å². The smallest absolute Gasteiger partial charge is 0.339 e. The molecule has 0 bridgehead atoms. The number of phenols is 1. The predicted molar refractivity (Wildman–Crippen MR) is 81.6 cm³/mol. The molecule has 0 heterocycles. The Morgan fingerprint density at radius 1 is 0.870 bits per heavy atom. The zero-order valence-electron chi connectivity index (χ0n) is 12.5. The fraction of sp³-hybridized carbons (Fsp3) is 0.118. The largest absolute Gasteiger partial charge is 0.504 e. The fourth-order valence-electron chi connectivity index (χ4n) is 2.17. The summed E-state index contributed by atoms with van der Waals surface area (Å²) in [6, 6.07) is 8.50. The number of ether oxygens (including phenoxy) is 1. The topological polar surface area (TPSA) is 101 Å². The molecule has 0 radical (unpaired) electrons. The number of para-hydroxylation sites is 1. The van der Waals surface area contributed by atoms with Gasteiger partial charge in [-0.15, -0.1) is 0 Å². The summed E-state index contributed by atoms with van der Waals surface area (Å²) in [4.78, 5) is 34.5. The van der Waals surface area contributed by atoms with Crippen LogP contribution in [0.3, 0.4) is 0 Å². The van der Waals surface area contributed by atoms with Gasteiger partial charge in [-0.25, -0.2) is 4.79 Å². The molecule has 0 aliphatic rings. The van der Waals surface area contributed by atoms with E-state index in [2.05, 4.69) is 0 Å². The quantitative estimate of drug-likeness (QED) is 0.821. The molecule has 2 N–H and O–H groups in total. The van der Waals surface area contributed by atoms with E-state index < -0.39 is 11.7 Å².